The molecule has 0 saturated carbocycles. The number of ether oxygens (including phenoxy) is 1. The highest BCUT2D eigenvalue weighted by molar-refractivity contribution is 7.89. The number of carbonyl (C=O) groups is 1. The summed E-state index contributed by atoms with van der Waals surface area (Å²) in [7, 11) is 0.807. The summed E-state index contributed by atoms with van der Waals surface area (Å²) in [6.45, 7) is 0.313. The number of rotatable bonds is 4. The first kappa shape index (κ1) is 16.3. The van der Waals surface area contributed by atoms with Crippen molar-refractivity contribution in [3.05, 3.63) is 35.5 Å². The van der Waals surface area contributed by atoms with E-state index in [1.165, 1.54) is 39.4 Å². The van der Waals surface area contributed by atoms with Gasteiger partial charge in [0, 0.05) is 26.2 Å². The Labute approximate surface area is 139 Å². The number of nitrogens with zero attached hydrogens (tertiary/aromatic N) is 3. The fourth-order valence-electron chi connectivity index (χ4n) is 2.33. The lowest BCUT2D eigenvalue weighted by Gasteiger charge is -2.13. The predicted octanol–water partition coefficient (Wildman–Crippen LogP) is 0.160. The number of hydrogen-bond donors (Lipinski definition) is 1. The van der Waals surface area contributed by atoms with Crippen molar-refractivity contribution in [3.8, 4) is 5.75 Å². The molecule has 0 radical (unpaired) electrons. The molecule has 0 spiro atoms. The Hall–Kier alpha value is -2.52. The maximum atomic E-state index is 12.2. The zero-order valence-electron chi connectivity index (χ0n) is 13.4. The van der Waals surface area contributed by atoms with E-state index in [1.807, 2.05) is 0 Å². The smallest absolute Gasteiger partial charge is 0.246 e. The third kappa shape index (κ3) is 2.72. The average Bonchev–Trinajstić information content (AvgIpc) is 2.96. The van der Waals surface area contributed by atoms with Gasteiger partial charge in [-0.25, -0.2) is 22.7 Å². The normalized spacial score (nSPS) is 17.0. The zero-order chi connectivity index (χ0) is 17.5. The molecular weight excluding hydrogens is 332 g/mol. The van der Waals surface area contributed by atoms with Gasteiger partial charge in [0.15, 0.2) is 5.84 Å². The average molecular weight is 348 g/mol. The van der Waals surface area contributed by atoms with Crippen molar-refractivity contribution in [2.45, 2.75) is 4.90 Å². The van der Waals surface area contributed by atoms with Crippen molar-refractivity contribution >= 4 is 27.5 Å². The molecule has 1 aromatic carbocycles. The van der Waals surface area contributed by atoms with Crippen LogP contribution in [0.25, 0.3) is 0 Å². The molecule has 1 amide bonds. The SMILES string of the molecule is COc1cc(S(=O)(=O)N(C)C)ccc1C1=NC2=CC(=O)NCC2=N1. The molecule has 2 heterocycles. The highest BCUT2D eigenvalue weighted by atomic mass is 32.2. The molecule has 2 aliphatic heterocycles. The molecule has 2 aliphatic rings. The molecule has 126 valence electrons. The van der Waals surface area contributed by atoms with Gasteiger partial charge in [-0.15, -0.1) is 0 Å². The Morgan fingerprint density at radius 3 is 2.67 bits per heavy atom. The van der Waals surface area contributed by atoms with Gasteiger partial charge >= 0.3 is 0 Å². The number of fused-ring (bicyclic) bond motifs is 1. The van der Waals surface area contributed by atoms with Gasteiger partial charge in [0.2, 0.25) is 15.9 Å². The minimum absolute atomic E-state index is 0.118. The van der Waals surface area contributed by atoms with Gasteiger partial charge in [-0.05, 0) is 12.1 Å². The lowest BCUT2D eigenvalue weighted by Crippen LogP contribution is -2.32. The number of amides is 1. The number of sulfonamides is 1. The molecule has 8 nitrogen and oxygen atoms in total. The van der Waals surface area contributed by atoms with E-state index in [-0.39, 0.29) is 10.8 Å². The van der Waals surface area contributed by atoms with Crippen LogP contribution in [0.4, 0.5) is 0 Å². The number of aliphatic imine (C=N–C) groups is 2. The monoisotopic (exact) mass is 348 g/mol. The lowest BCUT2D eigenvalue weighted by atomic mass is 10.2. The minimum atomic E-state index is -3.57. The van der Waals surface area contributed by atoms with Crippen LogP contribution >= 0.6 is 0 Å². The summed E-state index contributed by atoms with van der Waals surface area (Å²) in [5, 5.41) is 2.66. The van der Waals surface area contributed by atoms with Gasteiger partial charge in [0.25, 0.3) is 0 Å². The first-order chi connectivity index (χ1) is 11.3. The zero-order valence-corrected chi connectivity index (χ0v) is 14.2. The summed E-state index contributed by atoms with van der Waals surface area (Å²) in [6, 6.07) is 4.52. The van der Waals surface area contributed by atoms with Crippen molar-refractivity contribution in [1.29, 1.82) is 0 Å². The molecular formula is C15H16N4O4S. The van der Waals surface area contributed by atoms with Crippen molar-refractivity contribution < 1.29 is 17.9 Å². The minimum Gasteiger partial charge on any atom is -0.496 e. The van der Waals surface area contributed by atoms with Crippen molar-refractivity contribution in [2.75, 3.05) is 27.7 Å². The number of methoxy groups -OCH3 is 1. The molecule has 24 heavy (non-hydrogen) atoms. The highest BCUT2D eigenvalue weighted by Crippen LogP contribution is 2.28. The first-order valence-corrected chi connectivity index (χ1v) is 8.54. The topological polar surface area (TPSA) is 100 Å². The quantitative estimate of drug-likeness (QED) is 0.837. The maximum Gasteiger partial charge on any atom is 0.246 e. The van der Waals surface area contributed by atoms with Crippen LogP contribution in [0.2, 0.25) is 0 Å². The van der Waals surface area contributed by atoms with E-state index in [2.05, 4.69) is 15.3 Å². The van der Waals surface area contributed by atoms with Crippen LogP contribution in [-0.4, -0.2) is 57.9 Å². The Kier molecular flexibility index (Phi) is 3.98. The van der Waals surface area contributed by atoms with E-state index in [4.69, 9.17) is 4.74 Å². The fraction of sp³-hybridized carbons (Fsp3) is 0.267. The number of benzene rings is 1. The summed E-state index contributed by atoms with van der Waals surface area (Å²) in [4.78, 5) is 20.2. The number of nitrogens with one attached hydrogen (secondary N) is 1. The molecule has 0 atom stereocenters. The Morgan fingerprint density at radius 1 is 1.25 bits per heavy atom. The van der Waals surface area contributed by atoms with Crippen LogP contribution in [0.5, 0.6) is 5.75 Å². The van der Waals surface area contributed by atoms with Crippen molar-refractivity contribution in [3.63, 3.8) is 0 Å². The number of amidine groups is 1. The van der Waals surface area contributed by atoms with Gasteiger partial charge in [0.1, 0.15) is 5.75 Å². The summed E-state index contributed by atoms with van der Waals surface area (Å²) in [5.41, 5.74) is 1.74. The Balaban J connectivity index is 2.05. The highest BCUT2D eigenvalue weighted by Gasteiger charge is 2.25. The largest absolute Gasteiger partial charge is 0.496 e. The molecule has 0 saturated heterocycles. The second-order valence-corrected chi connectivity index (χ2v) is 7.54. The van der Waals surface area contributed by atoms with Gasteiger partial charge in [-0.2, -0.15) is 0 Å². The second-order valence-electron chi connectivity index (χ2n) is 5.39. The molecule has 0 aromatic heterocycles. The first-order valence-electron chi connectivity index (χ1n) is 7.10. The second kappa shape index (κ2) is 5.84. The van der Waals surface area contributed by atoms with Gasteiger partial charge in [-0.1, -0.05) is 0 Å². The van der Waals surface area contributed by atoms with E-state index in [0.29, 0.717) is 35.1 Å². The molecule has 0 bridgehead atoms. The van der Waals surface area contributed by atoms with E-state index in [0.717, 1.165) is 4.31 Å². The molecule has 3 rings (SSSR count). The molecule has 9 heteroatoms. The fourth-order valence-corrected chi connectivity index (χ4v) is 3.25. The standard InChI is InChI=1S/C15H16N4O4S/c1-19(2)24(21,22)9-4-5-10(13(6-9)23-3)15-17-11-7-14(20)16-8-12(11)18-15/h4-7H,8H2,1-3H3,(H,16,20). The van der Waals surface area contributed by atoms with Crippen LogP contribution in [-0.2, 0) is 14.8 Å². The molecule has 0 unspecified atom stereocenters. The molecule has 0 aliphatic carbocycles. The van der Waals surface area contributed by atoms with Gasteiger partial charge in [-0.3, -0.25) is 4.79 Å². The summed E-state index contributed by atoms with van der Waals surface area (Å²) in [6.07, 6.45) is 1.38. The van der Waals surface area contributed by atoms with Crippen LogP contribution in [0.15, 0.2) is 44.9 Å². The van der Waals surface area contributed by atoms with E-state index >= 15 is 0 Å². The Morgan fingerprint density at radius 2 is 2.00 bits per heavy atom. The van der Waals surface area contributed by atoms with Gasteiger partial charge < -0.3 is 10.1 Å². The van der Waals surface area contributed by atoms with Gasteiger partial charge in [0.05, 0.1) is 35.5 Å². The number of hydrogen-bond acceptors (Lipinski definition) is 6. The molecule has 0 fully saturated rings. The molecule has 1 N–H and O–H groups in total. The van der Waals surface area contributed by atoms with Crippen molar-refractivity contribution in [1.82, 2.24) is 9.62 Å². The van der Waals surface area contributed by atoms with E-state index in [9.17, 15) is 13.2 Å². The van der Waals surface area contributed by atoms with Crippen LogP contribution in [0, 0.1) is 0 Å². The third-order valence-electron chi connectivity index (χ3n) is 3.65. The summed E-state index contributed by atoms with van der Waals surface area (Å²) >= 11 is 0. The van der Waals surface area contributed by atoms with Crippen molar-refractivity contribution in [2.24, 2.45) is 9.98 Å². The summed E-state index contributed by atoms with van der Waals surface area (Å²) in [5.74, 6) is 0.520. The van der Waals surface area contributed by atoms with Crippen LogP contribution in [0.3, 0.4) is 0 Å². The maximum absolute atomic E-state index is 12.2. The lowest BCUT2D eigenvalue weighted by molar-refractivity contribution is -0.116. The van der Waals surface area contributed by atoms with Crippen LogP contribution in [0.1, 0.15) is 5.56 Å². The summed E-state index contributed by atoms with van der Waals surface area (Å²) < 4.78 is 30.9. The third-order valence-corrected chi connectivity index (χ3v) is 5.46. The predicted molar refractivity (Wildman–Crippen MR) is 88.9 cm³/mol. The van der Waals surface area contributed by atoms with Crippen LogP contribution < -0.4 is 10.1 Å². The van der Waals surface area contributed by atoms with E-state index < -0.39 is 10.0 Å². The Bertz CT molecular complexity index is 913. The molecule has 1 aromatic rings. The number of carbonyl (C=O) groups excluding carboxylic acids is 1. The van der Waals surface area contributed by atoms with E-state index in [1.54, 1.807) is 6.07 Å².